The number of aromatic nitrogens is 2. The van der Waals surface area contributed by atoms with Gasteiger partial charge in [-0.05, 0) is 49.6 Å². The molecule has 1 spiro atoms. The summed E-state index contributed by atoms with van der Waals surface area (Å²) in [5.74, 6) is -1.47. The van der Waals surface area contributed by atoms with Gasteiger partial charge in [0.1, 0.15) is 11.9 Å². The van der Waals surface area contributed by atoms with Crippen LogP contribution in [0, 0.1) is 17.2 Å². The van der Waals surface area contributed by atoms with Crippen LogP contribution in [0.4, 0.5) is 14.9 Å². The van der Waals surface area contributed by atoms with Gasteiger partial charge in [0, 0.05) is 53.9 Å². The lowest BCUT2D eigenvalue weighted by Crippen LogP contribution is -2.73. The Labute approximate surface area is 241 Å². The van der Waals surface area contributed by atoms with E-state index >= 15 is 0 Å². The van der Waals surface area contributed by atoms with Gasteiger partial charge < -0.3 is 19.9 Å². The number of rotatable bonds is 5. The second kappa shape index (κ2) is 10.4. The third kappa shape index (κ3) is 4.32. The average molecular weight is 578 g/mol. The highest BCUT2D eigenvalue weighted by Crippen LogP contribution is 2.59. The molecule has 9 nitrogen and oxygen atoms in total. The summed E-state index contributed by atoms with van der Waals surface area (Å²) in [5, 5.41) is 2.72. The number of anilines is 1. The number of hydrogen-bond acceptors (Lipinski definition) is 6. The number of methoxy groups -OCH3 is 1. The molecule has 1 N–H and O–H groups in total. The zero-order chi connectivity index (χ0) is 28.9. The molecule has 3 aliphatic rings. The summed E-state index contributed by atoms with van der Waals surface area (Å²) in [4.78, 5) is 52.2. The molecule has 0 bridgehead atoms. The maximum Gasteiger partial charge on any atom is 0.328 e. The molecule has 5 atom stereocenters. The second-order valence-electron chi connectivity index (χ2n) is 10.8. The van der Waals surface area contributed by atoms with E-state index in [9.17, 15) is 18.8 Å². The van der Waals surface area contributed by atoms with Crippen LogP contribution in [-0.4, -0.2) is 58.5 Å². The van der Waals surface area contributed by atoms with Crippen molar-refractivity contribution < 1.29 is 23.5 Å². The summed E-state index contributed by atoms with van der Waals surface area (Å²) >= 11 is 6.12. The van der Waals surface area contributed by atoms with Crippen molar-refractivity contribution in [2.24, 2.45) is 11.3 Å². The summed E-state index contributed by atoms with van der Waals surface area (Å²) < 4.78 is 19.0. The van der Waals surface area contributed by atoms with Gasteiger partial charge >= 0.3 is 12.0 Å². The van der Waals surface area contributed by atoms with E-state index in [1.807, 2.05) is 31.2 Å². The minimum atomic E-state index is -0.878. The number of nitrogens with zero attached hydrogens (tertiary/aromatic N) is 4. The molecule has 3 fully saturated rings. The zero-order valence-electron chi connectivity index (χ0n) is 22.6. The van der Waals surface area contributed by atoms with Crippen molar-refractivity contribution in [2.75, 3.05) is 18.6 Å². The van der Waals surface area contributed by atoms with Crippen LogP contribution in [0.3, 0.4) is 0 Å². The minimum absolute atomic E-state index is 0.0828. The minimum Gasteiger partial charge on any atom is -0.467 e. The quantitative estimate of drug-likeness (QED) is 0.346. The first kappa shape index (κ1) is 27.1. The number of carbonyl (C=O) groups excluding carboxylic acids is 3. The van der Waals surface area contributed by atoms with Gasteiger partial charge in [-0.2, -0.15) is 0 Å². The predicted octanol–water partition coefficient (Wildman–Crippen LogP) is 4.77. The molecule has 3 aliphatic heterocycles. The van der Waals surface area contributed by atoms with Crippen LogP contribution in [-0.2, 0) is 14.3 Å². The van der Waals surface area contributed by atoms with Crippen LogP contribution >= 0.6 is 11.6 Å². The number of carbonyl (C=O) groups is 3. The monoisotopic (exact) mass is 577 g/mol. The summed E-state index contributed by atoms with van der Waals surface area (Å²) in [6.45, 7) is 2.30. The smallest absolute Gasteiger partial charge is 0.328 e. The Bertz CT molecular complexity index is 1510. The molecule has 3 saturated heterocycles. The fourth-order valence-electron chi connectivity index (χ4n) is 6.81. The van der Waals surface area contributed by atoms with E-state index in [2.05, 4.69) is 10.3 Å². The van der Waals surface area contributed by atoms with Crippen molar-refractivity contribution in [3.63, 3.8) is 0 Å². The van der Waals surface area contributed by atoms with Gasteiger partial charge in [0.15, 0.2) is 0 Å². The standard InChI is InChI=1S/C30H29ClFN5O4/c1-3-20-24-14-30(10-12-36(24)29(40)35-25(20)27(38)41-2)26(37(28(30)39)19-7-8-22(32)21(31)13-19)23-9-6-18(16-34-23)17-5-4-11-33-15-17/h4-9,11,13,15-16,20,24-26H,3,10,12,14H2,1-2H3,(H,35,40)/t20-,24?,25+,26?,30?/m1/s1. The van der Waals surface area contributed by atoms with Gasteiger partial charge in [-0.25, -0.2) is 14.0 Å². The molecule has 1 aromatic carbocycles. The number of pyridine rings is 2. The Morgan fingerprint density at radius 1 is 1.20 bits per heavy atom. The van der Waals surface area contributed by atoms with Crippen molar-refractivity contribution in [2.45, 2.75) is 44.3 Å². The van der Waals surface area contributed by atoms with Gasteiger partial charge in [-0.3, -0.25) is 14.8 Å². The Kier molecular flexibility index (Phi) is 6.89. The molecule has 41 heavy (non-hydrogen) atoms. The van der Waals surface area contributed by atoms with E-state index < -0.39 is 29.3 Å². The summed E-state index contributed by atoms with van der Waals surface area (Å²) in [6.07, 6.45) is 6.58. The van der Waals surface area contributed by atoms with E-state index in [-0.39, 0.29) is 28.9 Å². The lowest BCUT2D eigenvalue weighted by atomic mass is 9.59. The van der Waals surface area contributed by atoms with Crippen LogP contribution in [0.25, 0.3) is 11.1 Å². The topological polar surface area (TPSA) is 105 Å². The first-order valence-electron chi connectivity index (χ1n) is 13.6. The third-order valence-electron chi connectivity index (χ3n) is 8.83. The molecule has 0 radical (unpaired) electrons. The van der Waals surface area contributed by atoms with Crippen molar-refractivity contribution in [3.05, 3.63) is 77.6 Å². The molecule has 0 aliphatic carbocycles. The van der Waals surface area contributed by atoms with Crippen LogP contribution < -0.4 is 10.2 Å². The van der Waals surface area contributed by atoms with Gasteiger partial charge in [0.2, 0.25) is 5.91 Å². The van der Waals surface area contributed by atoms with Crippen molar-refractivity contribution in [3.8, 4) is 11.1 Å². The first-order chi connectivity index (χ1) is 19.8. The van der Waals surface area contributed by atoms with Crippen molar-refractivity contribution >= 4 is 35.2 Å². The summed E-state index contributed by atoms with van der Waals surface area (Å²) in [5.41, 5.74) is 2.05. The summed E-state index contributed by atoms with van der Waals surface area (Å²) in [6, 6.07) is 9.88. The normalized spacial score (nSPS) is 27.2. The number of nitrogens with one attached hydrogen (secondary N) is 1. The molecule has 3 aromatic rings. The average Bonchev–Trinajstić information content (AvgIpc) is 3.00. The molecular weight excluding hydrogens is 549 g/mol. The van der Waals surface area contributed by atoms with Crippen LogP contribution in [0.2, 0.25) is 5.02 Å². The molecule has 0 saturated carbocycles. The highest BCUT2D eigenvalue weighted by Gasteiger charge is 2.66. The van der Waals surface area contributed by atoms with Gasteiger partial charge in [-0.15, -0.1) is 0 Å². The fraction of sp³-hybridized carbons (Fsp3) is 0.367. The molecule has 6 rings (SSSR count). The van der Waals surface area contributed by atoms with E-state index in [1.165, 1.54) is 25.3 Å². The predicted molar refractivity (Wildman–Crippen MR) is 149 cm³/mol. The molecule has 3 unspecified atom stereocenters. The van der Waals surface area contributed by atoms with Gasteiger partial charge in [-0.1, -0.05) is 30.7 Å². The number of amides is 3. The van der Waals surface area contributed by atoms with E-state index in [0.717, 1.165) is 11.1 Å². The first-order valence-corrected chi connectivity index (χ1v) is 14.0. The van der Waals surface area contributed by atoms with E-state index in [1.54, 1.807) is 28.4 Å². The van der Waals surface area contributed by atoms with Crippen molar-refractivity contribution in [1.29, 1.82) is 0 Å². The number of esters is 1. The van der Waals surface area contributed by atoms with Crippen LogP contribution in [0.1, 0.15) is 37.9 Å². The van der Waals surface area contributed by atoms with E-state index in [4.69, 9.17) is 21.3 Å². The van der Waals surface area contributed by atoms with Crippen LogP contribution in [0.15, 0.2) is 61.1 Å². The zero-order valence-corrected chi connectivity index (χ0v) is 23.3. The number of urea groups is 1. The molecule has 3 amide bonds. The molecule has 5 heterocycles. The summed E-state index contributed by atoms with van der Waals surface area (Å²) in [7, 11) is 1.30. The Morgan fingerprint density at radius 2 is 2.00 bits per heavy atom. The highest BCUT2D eigenvalue weighted by molar-refractivity contribution is 6.31. The lowest BCUT2D eigenvalue weighted by molar-refractivity contribution is -0.152. The number of benzene rings is 1. The Hall–Kier alpha value is -4.05. The number of ether oxygens (including phenoxy) is 1. The highest BCUT2D eigenvalue weighted by atomic mass is 35.5. The van der Waals surface area contributed by atoms with Gasteiger partial charge in [0.25, 0.3) is 0 Å². The number of fused-ring (bicyclic) bond motifs is 1. The van der Waals surface area contributed by atoms with E-state index in [0.29, 0.717) is 37.2 Å². The fourth-order valence-corrected chi connectivity index (χ4v) is 6.98. The molecular formula is C30H29ClFN5O4. The Balaban J connectivity index is 1.41. The van der Waals surface area contributed by atoms with Crippen molar-refractivity contribution in [1.82, 2.24) is 20.2 Å². The lowest BCUT2D eigenvalue weighted by Gasteiger charge is -2.61. The molecule has 2 aromatic heterocycles. The van der Waals surface area contributed by atoms with Crippen LogP contribution in [0.5, 0.6) is 0 Å². The number of β-lactam (4-membered cyclic amide) rings is 1. The maximum absolute atomic E-state index is 14.2. The Morgan fingerprint density at radius 3 is 2.66 bits per heavy atom. The maximum atomic E-state index is 14.2. The number of piperidine rings is 1. The largest absolute Gasteiger partial charge is 0.467 e. The molecule has 212 valence electrons. The third-order valence-corrected chi connectivity index (χ3v) is 9.12. The second-order valence-corrected chi connectivity index (χ2v) is 11.2. The SMILES string of the molecule is CC[C@@H]1C2CC3(CCN2C(=O)N[C@@H]1C(=O)OC)C(=O)N(c1ccc(F)c(Cl)c1)C3c1ccc(-c2cccnc2)cn1. The number of hydrogen-bond donors (Lipinski definition) is 1. The number of halogens is 2. The molecule has 11 heteroatoms. The van der Waals surface area contributed by atoms with Gasteiger partial charge in [0.05, 0.1) is 29.3 Å².